The summed E-state index contributed by atoms with van der Waals surface area (Å²) in [4.78, 5) is 25.2. The van der Waals surface area contributed by atoms with E-state index in [1.165, 1.54) is 0 Å². The number of halogens is 1. The summed E-state index contributed by atoms with van der Waals surface area (Å²) in [6.07, 6.45) is 0.212. The molecule has 1 aliphatic rings. The number of nitrogens with one attached hydrogen (secondary N) is 1. The van der Waals surface area contributed by atoms with Crippen molar-refractivity contribution in [1.29, 1.82) is 0 Å². The van der Waals surface area contributed by atoms with Crippen molar-refractivity contribution in [3.05, 3.63) is 81.0 Å². The van der Waals surface area contributed by atoms with Crippen molar-refractivity contribution in [2.24, 2.45) is 0 Å². The average Bonchev–Trinajstić information content (AvgIpc) is 3.31. The summed E-state index contributed by atoms with van der Waals surface area (Å²) in [7, 11) is 0. The Morgan fingerprint density at radius 1 is 0.967 bits per heavy atom. The van der Waals surface area contributed by atoms with Crippen molar-refractivity contribution in [2.45, 2.75) is 18.9 Å². The molecule has 0 saturated heterocycles. The normalized spacial score (nSPS) is 13.5. The number of carbonyl (C=O) groups excluding carboxylic acids is 2. The number of fused-ring (bicyclic) bond motifs is 1. The van der Waals surface area contributed by atoms with Crippen LogP contribution in [-0.2, 0) is 4.79 Å². The van der Waals surface area contributed by atoms with Crippen LogP contribution in [0.1, 0.15) is 40.4 Å². The molecule has 1 aromatic heterocycles. The quantitative estimate of drug-likeness (QED) is 0.521. The first-order chi connectivity index (χ1) is 14.6. The van der Waals surface area contributed by atoms with Crippen molar-refractivity contribution in [3.63, 3.8) is 0 Å². The highest BCUT2D eigenvalue weighted by Gasteiger charge is 2.19. The zero-order valence-electron chi connectivity index (χ0n) is 16.1. The Kier molecular flexibility index (Phi) is 6.35. The lowest BCUT2D eigenvalue weighted by Gasteiger charge is -2.19. The van der Waals surface area contributed by atoms with E-state index in [0.29, 0.717) is 35.3 Å². The van der Waals surface area contributed by atoms with Gasteiger partial charge < -0.3 is 14.8 Å². The lowest BCUT2D eigenvalue weighted by Crippen LogP contribution is -2.29. The zero-order valence-corrected chi connectivity index (χ0v) is 17.7. The summed E-state index contributed by atoms with van der Waals surface area (Å²) in [5, 5.41) is 7.65. The summed E-state index contributed by atoms with van der Waals surface area (Å²) in [6.45, 7) is 0.959. The van der Waals surface area contributed by atoms with E-state index in [1.807, 2.05) is 29.0 Å². The molecule has 154 valence electrons. The Morgan fingerprint density at radius 2 is 1.73 bits per heavy atom. The van der Waals surface area contributed by atoms with Crippen molar-refractivity contribution in [3.8, 4) is 11.5 Å². The predicted octanol–water partition coefficient (Wildman–Crippen LogP) is 5.04. The SMILES string of the molecule is O=C(CCC(=O)c1ccc2c(c1)OCCO2)NC(c1ccc(Cl)cc1)c1ccsc1. The van der Waals surface area contributed by atoms with Gasteiger partial charge in [-0.2, -0.15) is 11.3 Å². The van der Waals surface area contributed by atoms with E-state index in [2.05, 4.69) is 5.32 Å². The van der Waals surface area contributed by atoms with Crippen LogP contribution >= 0.6 is 22.9 Å². The minimum Gasteiger partial charge on any atom is -0.486 e. The van der Waals surface area contributed by atoms with Gasteiger partial charge in [-0.1, -0.05) is 23.7 Å². The topological polar surface area (TPSA) is 64.6 Å². The van der Waals surface area contributed by atoms with E-state index in [0.717, 1.165) is 11.1 Å². The van der Waals surface area contributed by atoms with Gasteiger partial charge in [-0.3, -0.25) is 9.59 Å². The van der Waals surface area contributed by atoms with Gasteiger partial charge in [-0.05, 0) is 58.3 Å². The molecular formula is C23H20ClNO4S. The molecule has 2 heterocycles. The van der Waals surface area contributed by atoms with E-state index < -0.39 is 0 Å². The van der Waals surface area contributed by atoms with Crippen LogP contribution in [0.15, 0.2) is 59.3 Å². The lowest BCUT2D eigenvalue weighted by atomic mass is 10.0. The third-order valence-electron chi connectivity index (χ3n) is 4.83. The van der Waals surface area contributed by atoms with Gasteiger partial charge in [0.05, 0.1) is 6.04 Å². The first-order valence-corrected chi connectivity index (χ1v) is 10.9. The molecule has 1 unspecified atom stereocenters. The fraction of sp³-hybridized carbons (Fsp3) is 0.217. The van der Waals surface area contributed by atoms with Crippen LogP contribution in [0.25, 0.3) is 0 Å². The highest BCUT2D eigenvalue weighted by Crippen LogP contribution is 2.31. The van der Waals surface area contributed by atoms with Crippen LogP contribution in [0.2, 0.25) is 5.02 Å². The van der Waals surface area contributed by atoms with Gasteiger partial charge in [0.25, 0.3) is 0 Å². The van der Waals surface area contributed by atoms with Crippen LogP contribution in [0.5, 0.6) is 11.5 Å². The van der Waals surface area contributed by atoms with Gasteiger partial charge in [0.15, 0.2) is 17.3 Å². The van der Waals surface area contributed by atoms with Crippen LogP contribution in [0, 0.1) is 0 Å². The number of hydrogen-bond acceptors (Lipinski definition) is 5. The Bertz CT molecular complexity index is 1030. The molecule has 5 nitrogen and oxygen atoms in total. The van der Waals surface area contributed by atoms with E-state index in [-0.39, 0.29) is 30.6 Å². The molecular weight excluding hydrogens is 422 g/mol. The number of carbonyl (C=O) groups is 2. The van der Waals surface area contributed by atoms with E-state index in [9.17, 15) is 9.59 Å². The number of thiophene rings is 1. The van der Waals surface area contributed by atoms with E-state index in [1.54, 1.807) is 41.7 Å². The monoisotopic (exact) mass is 441 g/mol. The molecule has 1 atom stereocenters. The Morgan fingerprint density at radius 3 is 2.47 bits per heavy atom. The second kappa shape index (κ2) is 9.32. The van der Waals surface area contributed by atoms with Gasteiger partial charge in [0.1, 0.15) is 13.2 Å². The highest BCUT2D eigenvalue weighted by atomic mass is 35.5. The number of hydrogen-bond donors (Lipinski definition) is 1. The van der Waals surface area contributed by atoms with Crippen LogP contribution in [-0.4, -0.2) is 24.9 Å². The second-order valence-corrected chi connectivity index (χ2v) is 8.11. The van der Waals surface area contributed by atoms with Crippen molar-refractivity contribution in [2.75, 3.05) is 13.2 Å². The summed E-state index contributed by atoms with van der Waals surface area (Å²) in [5.74, 6) is 0.904. The molecule has 0 saturated carbocycles. The molecule has 2 aromatic carbocycles. The van der Waals surface area contributed by atoms with Crippen LogP contribution < -0.4 is 14.8 Å². The molecule has 1 amide bonds. The third-order valence-corrected chi connectivity index (χ3v) is 5.78. The number of Topliss-reactive ketones (excluding diaryl/α,β-unsaturated/α-hetero) is 1. The summed E-state index contributed by atoms with van der Waals surface area (Å²) < 4.78 is 11.0. The van der Waals surface area contributed by atoms with Crippen molar-refractivity contribution >= 4 is 34.6 Å². The number of ether oxygens (including phenoxy) is 2. The number of amides is 1. The van der Waals surface area contributed by atoms with Crippen LogP contribution in [0.3, 0.4) is 0 Å². The predicted molar refractivity (Wildman–Crippen MR) is 117 cm³/mol. The van der Waals surface area contributed by atoms with Crippen molar-refractivity contribution < 1.29 is 19.1 Å². The van der Waals surface area contributed by atoms with Gasteiger partial charge >= 0.3 is 0 Å². The van der Waals surface area contributed by atoms with Gasteiger partial charge in [-0.15, -0.1) is 0 Å². The number of ketones is 1. The molecule has 4 rings (SSSR count). The maximum Gasteiger partial charge on any atom is 0.221 e. The number of benzene rings is 2. The third kappa shape index (κ3) is 4.83. The minimum absolute atomic E-state index is 0.0987. The molecule has 0 aliphatic carbocycles. The Balaban J connectivity index is 1.40. The van der Waals surface area contributed by atoms with E-state index in [4.69, 9.17) is 21.1 Å². The first-order valence-electron chi connectivity index (χ1n) is 9.60. The molecule has 30 heavy (non-hydrogen) atoms. The fourth-order valence-corrected chi connectivity index (χ4v) is 4.09. The molecule has 3 aromatic rings. The largest absolute Gasteiger partial charge is 0.486 e. The van der Waals surface area contributed by atoms with E-state index >= 15 is 0 Å². The van der Waals surface area contributed by atoms with Crippen LogP contribution in [0.4, 0.5) is 0 Å². The average molecular weight is 442 g/mol. The van der Waals surface area contributed by atoms with Gasteiger partial charge in [0, 0.05) is 23.4 Å². The molecule has 1 N–H and O–H groups in total. The summed E-state index contributed by atoms with van der Waals surface area (Å²) in [6, 6.07) is 14.2. The maximum absolute atomic E-state index is 12.6. The molecule has 7 heteroatoms. The zero-order chi connectivity index (χ0) is 20.9. The standard InChI is InChI=1S/C23H20ClNO4S/c24-18-4-1-15(2-5-18)23(17-9-12-30-14-17)25-22(27)8-6-19(26)16-3-7-20-21(13-16)29-11-10-28-20/h1-5,7,9,12-14,23H,6,8,10-11H2,(H,25,27). The Labute approximate surface area is 183 Å². The maximum atomic E-state index is 12.6. The lowest BCUT2D eigenvalue weighted by molar-refractivity contribution is -0.121. The highest BCUT2D eigenvalue weighted by molar-refractivity contribution is 7.08. The smallest absolute Gasteiger partial charge is 0.221 e. The summed E-state index contributed by atoms with van der Waals surface area (Å²) >= 11 is 7.56. The second-order valence-electron chi connectivity index (χ2n) is 6.89. The molecule has 0 spiro atoms. The first kappa shape index (κ1) is 20.4. The molecule has 0 radical (unpaired) electrons. The summed E-state index contributed by atoms with van der Waals surface area (Å²) in [5.41, 5.74) is 2.44. The van der Waals surface area contributed by atoms with Crippen molar-refractivity contribution in [1.82, 2.24) is 5.32 Å². The molecule has 0 fully saturated rings. The number of rotatable bonds is 7. The van der Waals surface area contributed by atoms with Gasteiger partial charge in [0.2, 0.25) is 5.91 Å². The minimum atomic E-state index is -0.287. The molecule has 1 aliphatic heterocycles. The fourth-order valence-electron chi connectivity index (χ4n) is 3.27. The molecule has 0 bridgehead atoms. The Hall–Kier alpha value is -2.83. The van der Waals surface area contributed by atoms with Gasteiger partial charge in [-0.25, -0.2) is 0 Å².